The molecule has 82 valence electrons. The predicted molar refractivity (Wildman–Crippen MR) is 56.6 cm³/mol. The van der Waals surface area contributed by atoms with Crippen LogP contribution in [0.4, 0.5) is 4.79 Å². The number of nitrogens with zero attached hydrogens (tertiary/aromatic N) is 1. The van der Waals surface area contributed by atoms with Crippen molar-refractivity contribution in [1.29, 1.82) is 0 Å². The highest BCUT2D eigenvalue weighted by Gasteiger charge is 1.99. The zero-order valence-corrected chi connectivity index (χ0v) is 8.86. The highest BCUT2D eigenvalue weighted by molar-refractivity contribution is 5.71. The van der Waals surface area contributed by atoms with Crippen molar-refractivity contribution in [3.63, 3.8) is 0 Å². The largest absolute Gasteiger partial charge is 0.353 e. The van der Waals surface area contributed by atoms with E-state index in [-0.39, 0.29) is 0 Å². The summed E-state index contributed by atoms with van der Waals surface area (Å²) in [4.78, 5) is 16.0. The van der Waals surface area contributed by atoms with Crippen LogP contribution in [0.2, 0.25) is 0 Å². The van der Waals surface area contributed by atoms with Crippen molar-refractivity contribution in [3.05, 3.63) is 35.9 Å². The number of hydrogen-bond acceptors (Lipinski definition) is 3. The van der Waals surface area contributed by atoms with Gasteiger partial charge in [0.25, 0.3) is 0 Å². The first-order chi connectivity index (χ1) is 7.18. The lowest BCUT2D eigenvalue weighted by Gasteiger charge is -2.12. The molecule has 0 saturated carbocycles. The Balaban J connectivity index is 2.19. The second-order valence-corrected chi connectivity index (χ2v) is 3.21. The van der Waals surface area contributed by atoms with Gasteiger partial charge in [-0.25, -0.2) is 15.3 Å². The first kappa shape index (κ1) is 11.5. The quantitative estimate of drug-likeness (QED) is 0.724. The Hall–Kier alpha value is -1.59. The maximum atomic E-state index is 11.1. The molecule has 0 aliphatic rings. The van der Waals surface area contributed by atoms with E-state index in [0.29, 0.717) is 6.61 Å². The normalized spacial score (nSPS) is 10.1. The zero-order valence-electron chi connectivity index (χ0n) is 8.86. The number of amides is 2. The third kappa shape index (κ3) is 4.99. The molecule has 0 aliphatic heterocycles. The SMILES string of the molecule is CN(C)NC(=O)NOCc1ccccc1. The molecule has 0 heterocycles. The highest BCUT2D eigenvalue weighted by Crippen LogP contribution is 1.98. The molecule has 1 aromatic rings. The molecule has 0 spiro atoms. The van der Waals surface area contributed by atoms with E-state index < -0.39 is 6.03 Å². The summed E-state index contributed by atoms with van der Waals surface area (Å²) >= 11 is 0. The molecule has 1 rings (SSSR count). The lowest BCUT2D eigenvalue weighted by atomic mass is 10.2. The van der Waals surface area contributed by atoms with Crippen LogP contribution in [0.3, 0.4) is 0 Å². The number of carbonyl (C=O) groups is 1. The van der Waals surface area contributed by atoms with Crippen LogP contribution in [0.25, 0.3) is 0 Å². The van der Waals surface area contributed by atoms with E-state index in [1.165, 1.54) is 5.01 Å². The monoisotopic (exact) mass is 209 g/mol. The molecule has 5 heteroatoms. The Morgan fingerprint density at radius 1 is 1.33 bits per heavy atom. The third-order valence-electron chi connectivity index (χ3n) is 1.57. The van der Waals surface area contributed by atoms with E-state index in [9.17, 15) is 4.79 Å². The van der Waals surface area contributed by atoms with Crippen LogP contribution in [-0.2, 0) is 11.4 Å². The van der Waals surface area contributed by atoms with Gasteiger partial charge in [-0.1, -0.05) is 30.3 Å². The number of rotatable bonds is 4. The Kier molecular flexibility index (Phi) is 4.59. The van der Waals surface area contributed by atoms with Crippen molar-refractivity contribution in [1.82, 2.24) is 15.9 Å². The second kappa shape index (κ2) is 6.00. The maximum Gasteiger partial charge on any atom is 0.353 e. The summed E-state index contributed by atoms with van der Waals surface area (Å²) in [5, 5.41) is 1.53. The van der Waals surface area contributed by atoms with Crippen molar-refractivity contribution in [3.8, 4) is 0 Å². The fourth-order valence-corrected chi connectivity index (χ4v) is 0.985. The second-order valence-electron chi connectivity index (χ2n) is 3.21. The minimum absolute atomic E-state index is 0.349. The summed E-state index contributed by atoms with van der Waals surface area (Å²) in [7, 11) is 3.44. The molecule has 0 bridgehead atoms. The van der Waals surface area contributed by atoms with Gasteiger partial charge in [0.1, 0.15) is 0 Å². The Morgan fingerprint density at radius 2 is 2.00 bits per heavy atom. The Morgan fingerprint density at radius 3 is 2.60 bits per heavy atom. The molecule has 0 aromatic heterocycles. The van der Waals surface area contributed by atoms with Crippen LogP contribution in [0.5, 0.6) is 0 Å². The van der Waals surface area contributed by atoms with E-state index in [4.69, 9.17) is 4.84 Å². The maximum absolute atomic E-state index is 11.1. The van der Waals surface area contributed by atoms with Gasteiger partial charge in [-0.2, -0.15) is 0 Å². The van der Waals surface area contributed by atoms with E-state index in [1.807, 2.05) is 30.3 Å². The number of nitrogens with one attached hydrogen (secondary N) is 2. The number of urea groups is 1. The molecule has 2 N–H and O–H groups in total. The molecule has 0 radical (unpaired) electrons. The summed E-state index contributed by atoms with van der Waals surface area (Å²) in [6.45, 7) is 0.349. The first-order valence-electron chi connectivity index (χ1n) is 4.58. The molecule has 5 nitrogen and oxygen atoms in total. The van der Waals surface area contributed by atoms with Crippen molar-refractivity contribution < 1.29 is 9.63 Å². The average molecular weight is 209 g/mol. The van der Waals surface area contributed by atoms with E-state index in [1.54, 1.807) is 14.1 Å². The minimum atomic E-state index is -0.393. The van der Waals surface area contributed by atoms with Gasteiger partial charge in [0.2, 0.25) is 0 Å². The number of hydrogen-bond donors (Lipinski definition) is 2. The van der Waals surface area contributed by atoms with Gasteiger partial charge in [-0.3, -0.25) is 10.3 Å². The van der Waals surface area contributed by atoms with Gasteiger partial charge in [-0.05, 0) is 5.56 Å². The lowest BCUT2D eigenvalue weighted by Crippen LogP contribution is -2.43. The average Bonchev–Trinajstić information content (AvgIpc) is 2.18. The van der Waals surface area contributed by atoms with Gasteiger partial charge < -0.3 is 0 Å². The summed E-state index contributed by atoms with van der Waals surface area (Å²) in [6.07, 6.45) is 0. The smallest absolute Gasteiger partial charge is 0.269 e. The van der Waals surface area contributed by atoms with Crippen LogP contribution in [0.1, 0.15) is 5.56 Å². The molecule has 0 unspecified atom stereocenters. The number of hydroxylamine groups is 1. The van der Waals surface area contributed by atoms with Gasteiger partial charge in [0.15, 0.2) is 0 Å². The molecule has 0 fully saturated rings. The van der Waals surface area contributed by atoms with Gasteiger partial charge in [0, 0.05) is 14.1 Å². The summed E-state index contributed by atoms with van der Waals surface area (Å²) < 4.78 is 0. The zero-order chi connectivity index (χ0) is 11.1. The fourth-order valence-electron chi connectivity index (χ4n) is 0.985. The minimum Gasteiger partial charge on any atom is -0.269 e. The Labute approximate surface area is 88.9 Å². The summed E-state index contributed by atoms with van der Waals surface area (Å²) in [6, 6.07) is 9.21. The van der Waals surface area contributed by atoms with Gasteiger partial charge >= 0.3 is 6.03 Å². The molecule has 2 amide bonds. The van der Waals surface area contributed by atoms with Crippen molar-refractivity contribution in [2.45, 2.75) is 6.61 Å². The molecule has 15 heavy (non-hydrogen) atoms. The number of carbonyl (C=O) groups excluding carboxylic acids is 1. The first-order valence-corrected chi connectivity index (χ1v) is 4.58. The van der Waals surface area contributed by atoms with Crippen molar-refractivity contribution in [2.24, 2.45) is 0 Å². The molecule has 0 aliphatic carbocycles. The van der Waals surface area contributed by atoms with E-state index in [0.717, 1.165) is 5.56 Å². The molecule has 1 aromatic carbocycles. The topological polar surface area (TPSA) is 53.6 Å². The standard InChI is InChI=1S/C10H15N3O2/c1-13(2)11-10(14)12-15-8-9-6-4-3-5-7-9/h3-7H,8H2,1-2H3,(H2,11,12,14). The summed E-state index contributed by atoms with van der Waals surface area (Å²) in [5.41, 5.74) is 5.76. The third-order valence-corrected chi connectivity index (χ3v) is 1.57. The van der Waals surface area contributed by atoms with Crippen molar-refractivity contribution in [2.75, 3.05) is 14.1 Å². The van der Waals surface area contributed by atoms with E-state index >= 15 is 0 Å². The molecule has 0 saturated heterocycles. The van der Waals surface area contributed by atoms with Crippen molar-refractivity contribution >= 4 is 6.03 Å². The Bertz CT molecular complexity index is 301. The predicted octanol–water partition coefficient (Wildman–Crippen LogP) is 0.894. The summed E-state index contributed by atoms with van der Waals surface area (Å²) in [5.74, 6) is 0. The van der Waals surface area contributed by atoms with Crippen LogP contribution in [0, 0.1) is 0 Å². The fraction of sp³-hybridized carbons (Fsp3) is 0.300. The highest BCUT2D eigenvalue weighted by atomic mass is 16.7. The van der Waals surface area contributed by atoms with Crippen LogP contribution < -0.4 is 10.9 Å². The lowest BCUT2D eigenvalue weighted by molar-refractivity contribution is 0.0435. The van der Waals surface area contributed by atoms with Gasteiger partial charge in [-0.15, -0.1) is 0 Å². The number of hydrazine groups is 1. The molecule has 0 atom stereocenters. The van der Waals surface area contributed by atoms with Crippen LogP contribution in [0.15, 0.2) is 30.3 Å². The van der Waals surface area contributed by atoms with E-state index in [2.05, 4.69) is 10.9 Å². The molecular formula is C10H15N3O2. The van der Waals surface area contributed by atoms with Gasteiger partial charge in [0.05, 0.1) is 6.61 Å². The van der Waals surface area contributed by atoms with Crippen LogP contribution >= 0.6 is 0 Å². The number of benzene rings is 1. The van der Waals surface area contributed by atoms with Crippen LogP contribution in [-0.4, -0.2) is 25.1 Å². The molecular weight excluding hydrogens is 194 g/mol.